The molecule has 1 fully saturated rings. The maximum absolute atomic E-state index is 12.6. The van der Waals surface area contributed by atoms with Crippen LogP contribution in [0.4, 0.5) is 5.69 Å². The lowest BCUT2D eigenvalue weighted by molar-refractivity contribution is -0.138. The van der Waals surface area contributed by atoms with Crippen molar-refractivity contribution >= 4 is 36.0 Å². The van der Waals surface area contributed by atoms with Crippen molar-refractivity contribution in [3.63, 3.8) is 0 Å². The number of rotatable bonds is 9. The van der Waals surface area contributed by atoms with Gasteiger partial charge < -0.3 is 16.0 Å². The van der Waals surface area contributed by atoms with Crippen LogP contribution in [-0.2, 0) is 14.4 Å². The maximum atomic E-state index is 12.6. The molecule has 0 bridgehead atoms. The summed E-state index contributed by atoms with van der Waals surface area (Å²) in [6.07, 6.45) is 4.54. The lowest BCUT2D eigenvalue weighted by Crippen LogP contribution is -2.50. The predicted molar refractivity (Wildman–Crippen MR) is 105 cm³/mol. The predicted octanol–water partition coefficient (Wildman–Crippen LogP) is 2.13. The first kappa shape index (κ1) is 20.3. The van der Waals surface area contributed by atoms with Crippen LogP contribution in [-0.4, -0.2) is 36.1 Å². The number of para-hydroxylation sites is 1. The van der Waals surface area contributed by atoms with Gasteiger partial charge in [0.2, 0.25) is 17.7 Å². The van der Waals surface area contributed by atoms with Crippen molar-refractivity contribution in [3.05, 3.63) is 30.3 Å². The summed E-state index contributed by atoms with van der Waals surface area (Å²) >= 11 is 4.19. The van der Waals surface area contributed by atoms with E-state index in [9.17, 15) is 14.4 Å². The number of nitrogens with one attached hydrogen (secondary N) is 3. The highest BCUT2D eigenvalue weighted by Gasteiger charge is 2.31. The van der Waals surface area contributed by atoms with Crippen LogP contribution in [0.25, 0.3) is 0 Å². The highest BCUT2D eigenvalue weighted by atomic mass is 32.1. The highest BCUT2D eigenvalue weighted by Crippen LogP contribution is 2.14. The molecule has 0 radical (unpaired) electrons. The molecule has 3 amide bonds. The fourth-order valence-corrected chi connectivity index (χ4v) is 3.17. The summed E-state index contributed by atoms with van der Waals surface area (Å²) in [6, 6.07) is 8.48. The van der Waals surface area contributed by atoms with Gasteiger partial charge in [0.25, 0.3) is 0 Å². The molecule has 0 saturated carbocycles. The van der Waals surface area contributed by atoms with Crippen molar-refractivity contribution in [3.8, 4) is 0 Å². The van der Waals surface area contributed by atoms with Crippen molar-refractivity contribution in [1.82, 2.24) is 10.6 Å². The second-order valence-electron chi connectivity index (χ2n) is 6.48. The molecule has 26 heavy (non-hydrogen) atoms. The lowest BCUT2D eigenvalue weighted by atomic mass is 9.97. The van der Waals surface area contributed by atoms with E-state index in [4.69, 9.17) is 0 Å². The first-order chi connectivity index (χ1) is 12.6. The molecule has 3 N–H and O–H groups in total. The average Bonchev–Trinajstić information content (AvgIpc) is 2.65. The Kier molecular flexibility index (Phi) is 8.47. The molecule has 0 aromatic heterocycles. The normalized spacial score (nSPS) is 17.9. The van der Waals surface area contributed by atoms with Gasteiger partial charge >= 0.3 is 0 Å². The number of anilines is 1. The molecule has 2 rings (SSSR count). The molecule has 2 atom stereocenters. The Labute approximate surface area is 159 Å². The fraction of sp³-hybridized carbons (Fsp3) is 0.526. The van der Waals surface area contributed by atoms with E-state index in [1.54, 1.807) is 12.1 Å². The number of unbranched alkanes of at least 4 members (excludes halogenated alkanes) is 2. The first-order valence-corrected chi connectivity index (χ1v) is 9.80. The van der Waals surface area contributed by atoms with Crippen LogP contribution in [0.1, 0.15) is 38.5 Å². The van der Waals surface area contributed by atoms with Crippen LogP contribution in [0.3, 0.4) is 0 Å². The molecule has 1 aromatic carbocycles. The van der Waals surface area contributed by atoms with E-state index in [2.05, 4.69) is 28.6 Å². The van der Waals surface area contributed by atoms with Gasteiger partial charge in [-0.05, 0) is 43.6 Å². The number of amides is 3. The zero-order chi connectivity index (χ0) is 18.8. The number of carbonyl (C=O) groups is 3. The Bertz CT molecular complexity index is 609. The standard InChI is InChI=1S/C19H27N3O3S/c23-17-15(10-7-12-20-17)18(24)22-16(11-5-2-6-13-26)19(25)21-14-8-3-1-4-9-14/h1,3-4,8-9,15-16,26H,2,5-7,10-13H2,(H,20,23)(H,21,25)(H,22,24)/t15-,16+/m0/s1. The van der Waals surface area contributed by atoms with Gasteiger partial charge in [-0.15, -0.1) is 0 Å². The van der Waals surface area contributed by atoms with E-state index in [1.807, 2.05) is 18.2 Å². The van der Waals surface area contributed by atoms with E-state index in [-0.39, 0.29) is 17.7 Å². The Hall–Kier alpha value is -2.02. The van der Waals surface area contributed by atoms with Gasteiger partial charge in [-0.3, -0.25) is 14.4 Å². The van der Waals surface area contributed by atoms with Gasteiger partial charge in [0, 0.05) is 12.2 Å². The minimum atomic E-state index is -0.715. The summed E-state index contributed by atoms with van der Waals surface area (Å²) in [6.45, 7) is 0.601. The number of piperidine rings is 1. The molecule has 1 aromatic rings. The summed E-state index contributed by atoms with van der Waals surface area (Å²) in [7, 11) is 0. The third kappa shape index (κ3) is 6.37. The molecule has 6 nitrogen and oxygen atoms in total. The molecule has 0 spiro atoms. The van der Waals surface area contributed by atoms with Gasteiger partial charge in [-0.25, -0.2) is 0 Å². The van der Waals surface area contributed by atoms with Crippen LogP contribution in [0.15, 0.2) is 30.3 Å². The Morgan fingerprint density at radius 3 is 2.65 bits per heavy atom. The lowest BCUT2D eigenvalue weighted by Gasteiger charge is -2.24. The number of benzene rings is 1. The second-order valence-corrected chi connectivity index (χ2v) is 6.92. The van der Waals surface area contributed by atoms with E-state index < -0.39 is 12.0 Å². The smallest absolute Gasteiger partial charge is 0.246 e. The summed E-state index contributed by atoms with van der Waals surface area (Å²) in [5.74, 6) is -0.800. The number of hydrogen-bond donors (Lipinski definition) is 4. The molecule has 0 unspecified atom stereocenters. The van der Waals surface area contributed by atoms with E-state index in [1.165, 1.54) is 0 Å². The number of thiol groups is 1. The zero-order valence-electron chi connectivity index (χ0n) is 14.9. The topological polar surface area (TPSA) is 87.3 Å². The van der Waals surface area contributed by atoms with Gasteiger partial charge in [-0.1, -0.05) is 31.0 Å². The van der Waals surface area contributed by atoms with Crippen molar-refractivity contribution in [1.29, 1.82) is 0 Å². The van der Waals surface area contributed by atoms with Crippen molar-refractivity contribution in [2.75, 3.05) is 17.6 Å². The van der Waals surface area contributed by atoms with Crippen LogP contribution < -0.4 is 16.0 Å². The third-order valence-corrected chi connectivity index (χ3v) is 4.74. The van der Waals surface area contributed by atoms with Crippen molar-refractivity contribution < 1.29 is 14.4 Å². The molecule has 0 aliphatic carbocycles. The molecular weight excluding hydrogens is 350 g/mol. The fourth-order valence-electron chi connectivity index (χ4n) is 2.95. The summed E-state index contributed by atoms with van der Waals surface area (Å²) in [5, 5.41) is 8.32. The monoisotopic (exact) mass is 377 g/mol. The SMILES string of the molecule is O=C1NCCC[C@@H]1C(=O)N[C@H](CCCCCS)C(=O)Nc1ccccc1. The zero-order valence-corrected chi connectivity index (χ0v) is 15.8. The maximum Gasteiger partial charge on any atom is 0.246 e. The van der Waals surface area contributed by atoms with Crippen LogP contribution in [0.5, 0.6) is 0 Å². The van der Waals surface area contributed by atoms with E-state index in [0.29, 0.717) is 25.1 Å². The average molecular weight is 378 g/mol. The van der Waals surface area contributed by atoms with Crippen LogP contribution >= 0.6 is 12.6 Å². The quantitative estimate of drug-likeness (QED) is 0.302. The van der Waals surface area contributed by atoms with Gasteiger partial charge in [-0.2, -0.15) is 12.6 Å². The summed E-state index contributed by atoms with van der Waals surface area (Å²) in [4.78, 5) is 37.0. The molecule has 1 aliphatic rings. The molecule has 1 aliphatic heterocycles. The molecule has 1 heterocycles. The van der Waals surface area contributed by atoms with Crippen molar-refractivity contribution in [2.24, 2.45) is 5.92 Å². The third-order valence-electron chi connectivity index (χ3n) is 4.43. The molecular formula is C19H27N3O3S. The van der Waals surface area contributed by atoms with Crippen LogP contribution in [0.2, 0.25) is 0 Å². The minimum absolute atomic E-state index is 0.258. The highest BCUT2D eigenvalue weighted by molar-refractivity contribution is 7.80. The summed E-state index contributed by atoms with van der Waals surface area (Å²) in [5.41, 5.74) is 0.683. The Morgan fingerprint density at radius 2 is 1.96 bits per heavy atom. The Morgan fingerprint density at radius 1 is 1.19 bits per heavy atom. The van der Waals surface area contributed by atoms with Crippen molar-refractivity contribution in [2.45, 2.75) is 44.6 Å². The van der Waals surface area contributed by atoms with Gasteiger partial charge in [0.15, 0.2) is 0 Å². The van der Waals surface area contributed by atoms with Crippen LogP contribution in [0, 0.1) is 5.92 Å². The second kappa shape index (κ2) is 10.9. The van der Waals surface area contributed by atoms with E-state index in [0.717, 1.165) is 31.4 Å². The van der Waals surface area contributed by atoms with Gasteiger partial charge in [0.1, 0.15) is 12.0 Å². The number of carbonyl (C=O) groups excluding carboxylic acids is 3. The number of hydrogen-bond acceptors (Lipinski definition) is 4. The van der Waals surface area contributed by atoms with E-state index >= 15 is 0 Å². The largest absolute Gasteiger partial charge is 0.355 e. The van der Waals surface area contributed by atoms with Gasteiger partial charge in [0.05, 0.1) is 0 Å². The molecule has 7 heteroatoms. The minimum Gasteiger partial charge on any atom is -0.355 e. The Balaban J connectivity index is 1.98. The first-order valence-electron chi connectivity index (χ1n) is 9.16. The molecule has 142 valence electrons. The summed E-state index contributed by atoms with van der Waals surface area (Å²) < 4.78 is 0. The molecule has 1 saturated heterocycles.